The average Bonchev–Trinajstić information content (AvgIpc) is 2.40. The van der Waals surface area contributed by atoms with Gasteiger partial charge in [-0.2, -0.15) is 24.9 Å². The molecular weight excluding hydrogens is 305 g/mol. The Bertz CT molecular complexity index is 484. The summed E-state index contributed by atoms with van der Waals surface area (Å²) in [5.74, 6) is 0.644. The molecular formula is C14H15F3OS2. The lowest BCUT2D eigenvalue weighted by Gasteiger charge is -2.30. The van der Waals surface area contributed by atoms with E-state index in [0.717, 1.165) is 17.9 Å². The standard InChI is InChI=1S/C14H15F3OS2/c1-8-9(2)20-12(7-19-8)13(18)10-3-5-11(6-4-10)14(15,16)17/h3-6,8-9,12H,7H2,1-2H3. The molecule has 6 heteroatoms. The summed E-state index contributed by atoms with van der Waals surface area (Å²) in [7, 11) is 0. The lowest BCUT2D eigenvalue weighted by molar-refractivity contribution is -0.137. The van der Waals surface area contributed by atoms with Crippen molar-refractivity contribution in [1.82, 2.24) is 0 Å². The van der Waals surface area contributed by atoms with Gasteiger partial charge < -0.3 is 0 Å². The van der Waals surface area contributed by atoms with Gasteiger partial charge in [-0.1, -0.05) is 26.0 Å². The summed E-state index contributed by atoms with van der Waals surface area (Å²) in [6, 6.07) is 4.50. The molecule has 0 spiro atoms. The molecule has 0 N–H and O–H groups in total. The molecule has 0 amide bonds. The minimum Gasteiger partial charge on any atom is -0.293 e. The van der Waals surface area contributed by atoms with E-state index in [1.807, 2.05) is 0 Å². The Balaban J connectivity index is 2.10. The number of Topliss-reactive ketones (excluding diaryl/α,β-unsaturated/α-hetero) is 1. The van der Waals surface area contributed by atoms with Crippen LogP contribution in [-0.4, -0.2) is 27.3 Å². The third kappa shape index (κ3) is 3.52. The fourth-order valence-corrected chi connectivity index (χ4v) is 4.81. The van der Waals surface area contributed by atoms with Crippen molar-refractivity contribution in [1.29, 1.82) is 0 Å². The van der Waals surface area contributed by atoms with E-state index in [9.17, 15) is 18.0 Å². The van der Waals surface area contributed by atoms with Gasteiger partial charge in [0.25, 0.3) is 0 Å². The van der Waals surface area contributed by atoms with E-state index >= 15 is 0 Å². The molecule has 1 aromatic rings. The Morgan fingerprint density at radius 3 is 2.25 bits per heavy atom. The Kier molecular flexibility index (Phi) is 4.74. The number of ketones is 1. The van der Waals surface area contributed by atoms with Crippen LogP contribution in [-0.2, 0) is 6.18 Å². The van der Waals surface area contributed by atoms with Crippen LogP contribution in [0.25, 0.3) is 0 Å². The molecule has 0 saturated carbocycles. The molecule has 3 unspecified atom stereocenters. The molecule has 1 saturated heterocycles. The molecule has 110 valence electrons. The van der Waals surface area contributed by atoms with Crippen LogP contribution in [0.5, 0.6) is 0 Å². The molecule has 1 aromatic carbocycles. The molecule has 1 aliphatic heterocycles. The second-order valence-corrected chi connectivity index (χ2v) is 7.80. The van der Waals surface area contributed by atoms with Crippen molar-refractivity contribution in [2.75, 3.05) is 5.75 Å². The highest BCUT2D eigenvalue weighted by Crippen LogP contribution is 2.37. The number of carbonyl (C=O) groups excluding carboxylic acids is 1. The molecule has 1 aliphatic rings. The monoisotopic (exact) mass is 320 g/mol. The Hall–Kier alpha value is -0.620. The first-order valence-corrected chi connectivity index (χ1v) is 8.26. The third-order valence-electron chi connectivity index (χ3n) is 3.34. The van der Waals surface area contributed by atoms with Crippen molar-refractivity contribution in [2.45, 2.75) is 35.8 Å². The molecule has 1 heterocycles. The van der Waals surface area contributed by atoms with Crippen LogP contribution < -0.4 is 0 Å². The highest BCUT2D eigenvalue weighted by molar-refractivity contribution is 8.08. The van der Waals surface area contributed by atoms with Gasteiger partial charge >= 0.3 is 6.18 Å². The molecule has 3 atom stereocenters. The maximum atomic E-state index is 12.5. The van der Waals surface area contributed by atoms with E-state index in [2.05, 4.69) is 13.8 Å². The number of benzene rings is 1. The summed E-state index contributed by atoms with van der Waals surface area (Å²) in [4.78, 5) is 12.3. The average molecular weight is 320 g/mol. The molecule has 0 aliphatic carbocycles. The number of halogens is 3. The minimum absolute atomic E-state index is 0.0741. The summed E-state index contributed by atoms with van der Waals surface area (Å²) >= 11 is 3.36. The van der Waals surface area contributed by atoms with Gasteiger partial charge in [-0.15, -0.1) is 11.8 Å². The summed E-state index contributed by atoms with van der Waals surface area (Å²) in [5.41, 5.74) is -0.362. The predicted octanol–water partition coefficient (Wildman–Crippen LogP) is 4.51. The summed E-state index contributed by atoms with van der Waals surface area (Å²) in [6.45, 7) is 4.20. The number of hydrogen-bond acceptors (Lipinski definition) is 3. The minimum atomic E-state index is -4.36. The normalized spacial score (nSPS) is 27.4. The van der Waals surface area contributed by atoms with Crippen LogP contribution >= 0.6 is 23.5 Å². The predicted molar refractivity (Wildman–Crippen MR) is 78.5 cm³/mol. The number of thioether (sulfide) groups is 2. The van der Waals surface area contributed by atoms with E-state index in [0.29, 0.717) is 16.1 Å². The number of alkyl halides is 3. The van der Waals surface area contributed by atoms with E-state index in [4.69, 9.17) is 0 Å². The van der Waals surface area contributed by atoms with Crippen LogP contribution in [0.1, 0.15) is 29.8 Å². The first kappa shape index (κ1) is 15.8. The number of rotatable bonds is 2. The van der Waals surface area contributed by atoms with Crippen LogP contribution in [0.4, 0.5) is 13.2 Å². The van der Waals surface area contributed by atoms with E-state index in [1.54, 1.807) is 23.5 Å². The van der Waals surface area contributed by atoms with Crippen molar-refractivity contribution in [3.8, 4) is 0 Å². The van der Waals surface area contributed by atoms with Gasteiger partial charge in [0.15, 0.2) is 5.78 Å². The van der Waals surface area contributed by atoms with Crippen molar-refractivity contribution in [2.24, 2.45) is 0 Å². The Labute approximate surface area is 124 Å². The topological polar surface area (TPSA) is 17.1 Å². The van der Waals surface area contributed by atoms with Gasteiger partial charge in [0.1, 0.15) is 0 Å². The van der Waals surface area contributed by atoms with Crippen LogP contribution in [0.2, 0.25) is 0 Å². The molecule has 0 aromatic heterocycles. The fourth-order valence-electron chi connectivity index (χ4n) is 1.93. The smallest absolute Gasteiger partial charge is 0.293 e. The molecule has 0 bridgehead atoms. The van der Waals surface area contributed by atoms with Crippen molar-refractivity contribution in [3.63, 3.8) is 0 Å². The zero-order chi connectivity index (χ0) is 14.9. The largest absolute Gasteiger partial charge is 0.416 e. The zero-order valence-electron chi connectivity index (χ0n) is 11.1. The summed E-state index contributed by atoms with van der Waals surface area (Å²) in [5, 5.41) is 0.705. The molecule has 20 heavy (non-hydrogen) atoms. The maximum absolute atomic E-state index is 12.5. The highest BCUT2D eigenvalue weighted by Gasteiger charge is 2.32. The Morgan fingerprint density at radius 2 is 1.75 bits per heavy atom. The van der Waals surface area contributed by atoms with Crippen molar-refractivity contribution >= 4 is 29.3 Å². The van der Waals surface area contributed by atoms with E-state index in [1.165, 1.54) is 12.1 Å². The van der Waals surface area contributed by atoms with Crippen LogP contribution in [0.3, 0.4) is 0 Å². The lowest BCUT2D eigenvalue weighted by Crippen LogP contribution is -2.31. The second-order valence-electron chi connectivity index (χ2n) is 4.81. The maximum Gasteiger partial charge on any atom is 0.416 e. The number of carbonyl (C=O) groups is 1. The van der Waals surface area contributed by atoms with Crippen molar-refractivity contribution in [3.05, 3.63) is 35.4 Å². The first-order chi connectivity index (χ1) is 9.29. The third-order valence-corrected chi connectivity index (χ3v) is 6.73. The van der Waals surface area contributed by atoms with E-state index in [-0.39, 0.29) is 11.0 Å². The molecule has 0 radical (unpaired) electrons. The van der Waals surface area contributed by atoms with Gasteiger partial charge in [-0.3, -0.25) is 4.79 Å². The van der Waals surface area contributed by atoms with Gasteiger partial charge in [0, 0.05) is 21.8 Å². The van der Waals surface area contributed by atoms with Crippen molar-refractivity contribution < 1.29 is 18.0 Å². The lowest BCUT2D eigenvalue weighted by atomic mass is 10.1. The van der Waals surface area contributed by atoms with Crippen LogP contribution in [0.15, 0.2) is 24.3 Å². The highest BCUT2D eigenvalue weighted by atomic mass is 32.2. The summed E-state index contributed by atoms with van der Waals surface area (Å²) < 4.78 is 37.4. The van der Waals surface area contributed by atoms with Crippen LogP contribution in [0, 0.1) is 0 Å². The Morgan fingerprint density at radius 1 is 1.15 bits per heavy atom. The van der Waals surface area contributed by atoms with E-state index < -0.39 is 11.7 Å². The van der Waals surface area contributed by atoms with Gasteiger partial charge in [-0.05, 0) is 12.1 Å². The SMILES string of the molecule is CC1SCC(C(=O)c2ccc(C(F)(F)F)cc2)SC1C. The van der Waals surface area contributed by atoms with Gasteiger partial charge in [0.2, 0.25) is 0 Å². The zero-order valence-corrected chi connectivity index (χ0v) is 12.7. The van der Waals surface area contributed by atoms with Gasteiger partial charge in [0.05, 0.1) is 10.8 Å². The quantitative estimate of drug-likeness (QED) is 0.746. The molecule has 2 rings (SSSR count). The summed E-state index contributed by atoms with van der Waals surface area (Å²) in [6.07, 6.45) is -4.36. The second kappa shape index (κ2) is 6.02. The first-order valence-electron chi connectivity index (χ1n) is 6.27. The number of hydrogen-bond donors (Lipinski definition) is 0. The molecule has 1 fully saturated rings. The fraction of sp³-hybridized carbons (Fsp3) is 0.500. The molecule has 1 nitrogen and oxygen atoms in total. The van der Waals surface area contributed by atoms with Gasteiger partial charge in [-0.25, -0.2) is 0 Å².